The molecule has 2 aromatic carbocycles. The summed E-state index contributed by atoms with van der Waals surface area (Å²) in [5.74, 6) is -0.806. The standard InChI is InChI=1S/C19H23NO2/c1-2-18(20-12-10-15(11-13-20)19(21)22)17-9-5-7-14-6-3-4-8-16(14)17/h3-9,15,18H,2,10-13H2,1H3,(H,21,22). The number of nitrogens with zero attached hydrogens (tertiary/aromatic N) is 1. The van der Waals surface area contributed by atoms with Crippen molar-refractivity contribution in [2.45, 2.75) is 32.2 Å². The van der Waals surface area contributed by atoms with E-state index in [1.165, 1.54) is 16.3 Å². The Balaban J connectivity index is 1.86. The fourth-order valence-corrected chi connectivity index (χ4v) is 3.67. The molecular weight excluding hydrogens is 274 g/mol. The second-order valence-electron chi connectivity index (χ2n) is 6.14. The van der Waals surface area contributed by atoms with Crippen LogP contribution in [0.1, 0.15) is 37.8 Å². The zero-order valence-corrected chi connectivity index (χ0v) is 13.0. The molecule has 1 N–H and O–H groups in total. The van der Waals surface area contributed by atoms with Gasteiger partial charge in [-0.3, -0.25) is 9.69 Å². The Hall–Kier alpha value is -1.87. The van der Waals surface area contributed by atoms with Crippen molar-refractivity contribution in [3.63, 3.8) is 0 Å². The van der Waals surface area contributed by atoms with Gasteiger partial charge in [-0.1, -0.05) is 49.4 Å². The number of carboxylic acids is 1. The predicted molar refractivity (Wildman–Crippen MR) is 88.9 cm³/mol. The minimum absolute atomic E-state index is 0.165. The van der Waals surface area contributed by atoms with Gasteiger partial charge in [-0.05, 0) is 48.7 Å². The fourth-order valence-electron chi connectivity index (χ4n) is 3.67. The Bertz CT molecular complexity index is 654. The van der Waals surface area contributed by atoms with E-state index in [9.17, 15) is 4.79 Å². The Labute approximate surface area is 131 Å². The average Bonchev–Trinajstić information content (AvgIpc) is 2.56. The fraction of sp³-hybridized carbons (Fsp3) is 0.421. The van der Waals surface area contributed by atoms with Crippen molar-refractivity contribution in [1.29, 1.82) is 0 Å². The maximum atomic E-state index is 11.1. The highest BCUT2D eigenvalue weighted by molar-refractivity contribution is 5.86. The van der Waals surface area contributed by atoms with Gasteiger partial charge >= 0.3 is 5.97 Å². The van der Waals surface area contributed by atoms with E-state index in [4.69, 9.17) is 5.11 Å². The van der Waals surface area contributed by atoms with Crippen LogP contribution in [0, 0.1) is 5.92 Å². The number of hydrogen-bond acceptors (Lipinski definition) is 2. The second kappa shape index (κ2) is 6.49. The zero-order valence-electron chi connectivity index (χ0n) is 13.0. The monoisotopic (exact) mass is 297 g/mol. The molecule has 0 amide bonds. The van der Waals surface area contributed by atoms with Crippen molar-refractivity contribution in [3.8, 4) is 0 Å². The lowest BCUT2D eigenvalue weighted by Gasteiger charge is -2.36. The molecule has 0 aliphatic carbocycles. The molecule has 3 nitrogen and oxygen atoms in total. The van der Waals surface area contributed by atoms with Crippen LogP contribution < -0.4 is 0 Å². The number of likely N-dealkylation sites (tertiary alicyclic amines) is 1. The summed E-state index contributed by atoms with van der Waals surface area (Å²) in [5, 5.41) is 11.8. The summed E-state index contributed by atoms with van der Waals surface area (Å²) in [7, 11) is 0. The summed E-state index contributed by atoms with van der Waals surface area (Å²) in [6, 6.07) is 15.4. The number of rotatable bonds is 4. The van der Waals surface area contributed by atoms with E-state index in [1.807, 2.05) is 0 Å². The van der Waals surface area contributed by atoms with Gasteiger partial charge in [-0.25, -0.2) is 0 Å². The molecule has 0 bridgehead atoms. The van der Waals surface area contributed by atoms with E-state index in [0.29, 0.717) is 6.04 Å². The van der Waals surface area contributed by atoms with Gasteiger partial charge in [0, 0.05) is 6.04 Å². The molecule has 1 aliphatic heterocycles. The van der Waals surface area contributed by atoms with Gasteiger partial charge in [0.05, 0.1) is 5.92 Å². The number of fused-ring (bicyclic) bond motifs is 1. The molecule has 3 rings (SSSR count). The lowest BCUT2D eigenvalue weighted by Crippen LogP contribution is -2.38. The minimum Gasteiger partial charge on any atom is -0.481 e. The van der Waals surface area contributed by atoms with E-state index in [0.717, 1.165) is 32.4 Å². The highest BCUT2D eigenvalue weighted by atomic mass is 16.4. The van der Waals surface area contributed by atoms with Crippen molar-refractivity contribution in [3.05, 3.63) is 48.0 Å². The van der Waals surface area contributed by atoms with Crippen molar-refractivity contribution < 1.29 is 9.90 Å². The van der Waals surface area contributed by atoms with Crippen molar-refractivity contribution in [2.24, 2.45) is 5.92 Å². The van der Waals surface area contributed by atoms with Gasteiger partial charge in [0.15, 0.2) is 0 Å². The molecule has 22 heavy (non-hydrogen) atoms. The van der Waals surface area contributed by atoms with Crippen LogP contribution in [0.15, 0.2) is 42.5 Å². The lowest BCUT2D eigenvalue weighted by atomic mass is 9.91. The third-order valence-electron chi connectivity index (χ3n) is 4.89. The minimum atomic E-state index is -0.641. The van der Waals surface area contributed by atoms with Gasteiger partial charge in [-0.2, -0.15) is 0 Å². The van der Waals surface area contributed by atoms with Crippen LogP contribution in [0.5, 0.6) is 0 Å². The molecule has 2 aromatic rings. The van der Waals surface area contributed by atoms with E-state index in [1.54, 1.807) is 0 Å². The molecule has 0 radical (unpaired) electrons. The van der Waals surface area contributed by atoms with Gasteiger partial charge in [0.2, 0.25) is 0 Å². The average molecular weight is 297 g/mol. The van der Waals surface area contributed by atoms with Crippen molar-refractivity contribution in [2.75, 3.05) is 13.1 Å². The number of hydrogen-bond donors (Lipinski definition) is 1. The normalized spacial score (nSPS) is 18.4. The van der Waals surface area contributed by atoms with E-state index < -0.39 is 5.97 Å². The molecule has 1 unspecified atom stereocenters. The molecule has 0 spiro atoms. The van der Waals surface area contributed by atoms with Gasteiger partial charge < -0.3 is 5.11 Å². The maximum absolute atomic E-state index is 11.1. The molecule has 1 fully saturated rings. The van der Waals surface area contributed by atoms with Crippen LogP contribution in [-0.2, 0) is 4.79 Å². The Morgan fingerprint density at radius 1 is 1.18 bits per heavy atom. The molecule has 1 atom stereocenters. The Morgan fingerprint density at radius 3 is 2.55 bits per heavy atom. The molecule has 116 valence electrons. The number of benzene rings is 2. The summed E-state index contributed by atoms with van der Waals surface area (Å²) in [6.07, 6.45) is 2.57. The number of carboxylic acid groups (broad SMARTS) is 1. The molecule has 1 saturated heterocycles. The molecule has 1 heterocycles. The van der Waals surface area contributed by atoms with Crippen LogP contribution in [0.4, 0.5) is 0 Å². The van der Waals surface area contributed by atoms with Crippen molar-refractivity contribution >= 4 is 16.7 Å². The van der Waals surface area contributed by atoms with Crippen LogP contribution in [0.3, 0.4) is 0 Å². The first kappa shape index (κ1) is 15.0. The highest BCUT2D eigenvalue weighted by Crippen LogP contribution is 2.33. The molecular formula is C19H23NO2. The predicted octanol–water partition coefficient (Wildman–Crippen LogP) is 4.09. The third-order valence-corrected chi connectivity index (χ3v) is 4.89. The molecule has 1 aliphatic rings. The van der Waals surface area contributed by atoms with Crippen LogP contribution in [0.25, 0.3) is 10.8 Å². The molecule has 3 heteroatoms. The van der Waals surface area contributed by atoms with Gasteiger partial charge in [0.1, 0.15) is 0 Å². The van der Waals surface area contributed by atoms with Gasteiger partial charge in [0.25, 0.3) is 0 Å². The Morgan fingerprint density at radius 2 is 1.86 bits per heavy atom. The number of piperidine rings is 1. The summed E-state index contributed by atoms with van der Waals surface area (Å²) >= 11 is 0. The Kier molecular flexibility index (Phi) is 4.44. The topological polar surface area (TPSA) is 40.5 Å². The maximum Gasteiger partial charge on any atom is 0.306 e. The van der Waals surface area contributed by atoms with Crippen LogP contribution in [0.2, 0.25) is 0 Å². The highest BCUT2D eigenvalue weighted by Gasteiger charge is 2.28. The summed E-state index contributed by atoms with van der Waals surface area (Å²) in [4.78, 5) is 13.6. The SMILES string of the molecule is CCC(c1cccc2ccccc12)N1CCC(C(=O)O)CC1. The first-order valence-electron chi connectivity index (χ1n) is 8.15. The zero-order chi connectivity index (χ0) is 15.5. The third kappa shape index (κ3) is 2.86. The largest absolute Gasteiger partial charge is 0.481 e. The molecule has 0 saturated carbocycles. The first-order chi connectivity index (χ1) is 10.7. The second-order valence-corrected chi connectivity index (χ2v) is 6.14. The van der Waals surface area contributed by atoms with Crippen LogP contribution in [-0.4, -0.2) is 29.1 Å². The molecule has 0 aromatic heterocycles. The summed E-state index contributed by atoms with van der Waals surface area (Å²) in [5.41, 5.74) is 1.37. The quantitative estimate of drug-likeness (QED) is 0.924. The van der Waals surface area contributed by atoms with Gasteiger partial charge in [-0.15, -0.1) is 0 Å². The van der Waals surface area contributed by atoms with E-state index in [-0.39, 0.29) is 5.92 Å². The summed E-state index contributed by atoms with van der Waals surface area (Å²) < 4.78 is 0. The first-order valence-corrected chi connectivity index (χ1v) is 8.15. The number of aliphatic carboxylic acids is 1. The summed E-state index contributed by atoms with van der Waals surface area (Å²) in [6.45, 7) is 3.97. The number of carbonyl (C=O) groups is 1. The smallest absolute Gasteiger partial charge is 0.306 e. The van der Waals surface area contributed by atoms with Crippen LogP contribution >= 0.6 is 0 Å². The lowest BCUT2D eigenvalue weighted by molar-refractivity contribution is -0.143. The van der Waals surface area contributed by atoms with E-state index >= 15 is 0 Å². The van der Waals surface area contributed by atoms with Crippen molar-refractivity contribution in [1.82, 2.24) is 4.90 Å². The van der Waals surface area contributed by atoms with E-state index in [2.05, 4.69) is 54.3 Å².